The highest BCUT2D eigenvalue weighted by atomic mass is 19.1. The SMILES string of the molecule is COc1ccccc1/C(O)=C1/C(=O)C(=O)N(c2ccc(F)cc2)C1c1ccc(F)cc1. The summed E-state index contributed by atoms with van der Waals surface area (Å²) < 4.78 is 32.3. The van der Waals surface area contributed by atoms with Gasteiger partial charge in [0.25, 0.3) is 11.7 Å². The number of hydrogen-bond donors (Lipinski definition) is 1. The van der Waals surface area contributed by atoms with E-state index in [2.05, 4.69) is 0 Å². The normalized spacial score (nSPS) is 17.8. The van der Waals surface area contributed by atoms with Gasteiger partial charge in [-0.25, -0.2) is 8.78 Å². The van der Waals surface area contributed by atoms with Gasteiger partial charge in [-0.2, -0.15) is 0 Å². The second kappa shape index (κ2) is 8.02. The zero-order chi connectivity index (χ0) is 22.1. The summed E-state index contributed by atoms with van der Waals surface area (Å²) in [4.78, 5) is 27.2. The zero-order valence-electron chi connectivity index (χ0n) is 16.4. The van der Waals surface area contributed by atoms with Crippen molar-refractivity contribution >= 4 is 23.1 Å². The Kier molecular flexibility index (Phi) is 5.25. The van der Waals surface area contributed by atoms with Gasteiger partial charge in [0, 0.05) is 5.69 Å². The van der Waals surface area contributed by atoms with E-state index in [-0.39, 0.29) is 16.8 Å². The number of Topliss-reactive ketones (excluding diaryl/α,β-unsaturated/α-hetero) is 1. The summed E-state index contributed by atoms with van der Waals surface area (Å²) in [5.41, 5.74) is 0.720. The Bertz CT molecular complexity index is 1190. The van der Waals surface area contributed by atoms with Crippen LogP contribution in [0.2, 0.25) is 0 Å². The summed E-state index contributed by atoms with van der Waals surface area (Å²) in [7, 11) is 1.42. The number of ether oxygens (including phenoxy) is 1. The van der Waals surface area contributed by atoms with Gasteiger partial charge in [-0.1, -0.05) is 24.3 Å². The van der Waals surface area contributed by atoms with Crippen molar-refractivity contribution in [2.24, 2.45) is 0 Å². The van der Waals surface area contributed by atoms with E-state index in [0.717, 1.165) is 17.0 Å². The third kappa shape index (κ3) is 3.54. The number of ketones is 1. The van der Waals surface area contributed by atoms with Crippen LogP contribution in [0.1, 0.15) is 17.2 Å². The van der Waals surface area contributed by atoms with E-state index in [0.29, 0.717) is 11.3 Å². The molecule has 0 bridgehead atoms. The van der Waals surface area contributed by atoms with Crippen molar-refractivity contribution in [2.75, 3.05) is 12.0 Å². The predicted octanol–water partition coefficient (Wildman–Crippen LogP) is 4.60. The molecule has 5 nitrogen and oxygen atoms in total. The molecule has 31 heavy (non-hydrogen) atoms. The van der Waals surface area contributed by atoms with Crippen LogP contribution in [0.5, 0.6) is 5.75 Å². The van der Waals surface area contributed by atoms with Crippen molar-refractivity contribution in [3.63, 3.8) is 0 Å². The summed E-state index contributed by atoms with van der Waals surface area (Å²) in [6, 6.07) is 15.8. The van der Waals surface area contributed by atoms with Crippen LogP contribution in [-0.4, -0.2) is 23.9 Å². The molecule has 1 unspecified atom stereocenters. The number of benzene rings is 3. The standard InChI is InChI=1S/C24H17F2NO4/c1-31-19-5-3-2-4-18(19)22(28)20-21(14-6-8-15(25)9-7-14)27(24(30)23(20)29)17-12-10-16(26)11-13-17/h2-13,21,28H,1H3/b22-20-. The van der Waals surface area contributed by atoms with Crippen LogP contribution in [0.4, 0.5) is 14.5 Å². The number of carbonyl (C=O) groups is 2. The molecule has 1 fully saturated rings. The van der Waals surface area contributed by atoms with Gasteiger partial charge in [0.2, 0.25) is 0 Å². The number of aliphatic hydroxyl groups excluding tert-OH is 1. The van der Waals surface area contributed by atoms with Gasteiger partial charge in [-0.15, -0.1) is 0 Å². The molecule has 0 radical (unpaired) electrons. The molecule has 0 spiro atoms. The number of halogens is 2. The molecule has 0 aromatic heterocycles. The number of hydrogen-bond acceptors (Lipinski definition) is 4. The Labute approximate surface area is 176 Å². The molecule has 1 N–H and O–H groups in total. The Morgan fingerprint density at radius 2 is 1.48 bits per heavy atom. The first kappa shape index (κ1) is 20.3. The van der Waals surface area contributed by atoms with Crippen LogP contribution in [0.25, 0.3) is 5.76 Å². The predicted molar refractivity (Wildman–Crippen MR) is 111 cm³/mol. The van der Waals surface area contributed by atoms with E-state index in [1.54, 1.807) is 24.3 Å². The number of carbonyl (C=O) groups excluding carboxylic acids is 2. The molecule has 156 valence electrons. The Balaban J connectivity index is 1.96. The van der Waals surface area contributed by atoms with Crippen LogP contribution in [0.15, 0.2) is 78.4 Å². The molecule has 1 saturated heterocycles. The number of amides is 1. The lowest BCUT2D eigenvalue weighted by Gasteiger charge is -2.25. The highest BCUT2D eigenvalue weighted by Crippen LogP contribution is 2.43. The Morgan fingerprint density at radius 3 is 2.10 bits per heavy atom. The molecule has 0 saturated carbocycles. The molecule has 1 amide bonds. The van der Waals surface area contributed by atoms with E-state index in [1.165, 1.54) is 43.5 Å². The van der Waals surface area contributed by atoms with Gasteiger partial charge in [0.15, 0.2) is 0 Å². The maximum atomic E-state index is 13.5. The van der Waals surface area contributed by atoms with Crippen molar-refractivity contribution in [3.05, 3.63) is 101 Å². The monoisotopic (exact) mass is 421 g/mol. The highest BCUT2D eigenvalue weighted by Gasteiger charge is 2.47. The van der Waals surface area contributed by atoms with Crippen molar-refractivity contribution < 1.29 is 28.2 Å². The number of nitrogens with zero attached hydrogens (tertiary/aromatic N) is 1. The maximum absolute atomic E-state index is 13.5. The fourth-order valence-corrected chi connectivity index (χ4v) is 3.65. The zero-order valence-corrected chi connectivity index (χ0v) is 16.4. The van der Waals surface area contributed by atoms with Gasteiger partial charge in [-0.05, 0) is 54.1 Å². The van der Waals surface area contributed by atoms with Gasteiger partial charge in [0.05, 0.1) is 24.3 Å². The van der Waals surface area contributed by atoms with E-state index < -0.39 is 35.1 Å². The lowest BCUT2D eigenvalue weighted by molar-refractivity contribution is -0.132. The highest BCUT2D eigenvalue weighted by molar-refractivity contribution is 6.51. The first-order valence-electron chi connectivity index (χ1n) is 9.38. The summed E-state index contributed by atoms with van der Waals surface area (Å²) in [5, 5.41) is 11.1. The second-order valence-electron chi connectivity index (χ2n) is 6.90. The molecule has 7 heteroatoms. The summed E-state index contributed by atoms with van der Waals surface area (Å²) in [6.45, 7) is 0. The van der Waals surface area contributed by atoms with Gasteiger partial charge < -0.3 is 9.84 Å². The fraction of sp³-hybridized carbons (Fsp3) is 0.0833. The summed E-state index contributed by atoms with van der Waals surface area (Å²) >= 11 is 0. The topological polar surface area (TPSA) is 66.8 Å². The molecule has 1 heterocycles. The molecule has 1 aliphatic rings. The van der Waals surface area contributed by atoms with Gasteiger partial charge in [-0.3, -0.25) is 14.5 Å². The second-order valence-corrected chi connectivity index (χ2v) is 6.90. The largest absolute Gasteiger partial charge is 0.507 e. The fourth-order valence-electron chi connectivity index (χ4n) is 3.65. The van der Waals surface area contributed by atoms with E-state index >= 15 is 0 Å². The molecule has 1 aliphatic heterocycles. The first-order valence-corrected chi connectivity index (χ1v) is 9.38. The number of anilines is 1. The first-order chi connectivity index (χ1) is 14.9. The van der Waals surface area contributed by atoms with E-state index in [4.69, 9.17) is 4.74 Å². The summed E-state index contributed by atoms with van der Waals surface area (Å²) in [6.07, 6.45) is 0. The van der Waals surface area contributed by atoms with Gasteiger partial charge >= 0.3 is 0 Å². The van der Waals surface area contributed by atoms with Crippen LogP contribution in [-0.2, 0) is 9.59 Å². The number of para-hydroxylation sites is 1. The molecule has 3 aromatic rings. The van der Waals surface area contributed by atoms with Crippen LogP contribution < -0.4 is 9.64 Å². The molecule has 4 rings (SSSR count). The minimum absolute atomic E-state index is 0.176. The molecular formula is C24H17F2NO4. The van der Waals surface area contributed by atoms with Crippen molar-refractivity contribution in [1.29, 1.82) is 0 Å². The average Bonchev–Trinajstić information content (AvgIpc) is 3.05. The maximum Gasteiger partial charge on any atom is 0.300 e. The third-order valence-electron chi connectivity index (χ3n) is 5.10. The van der Waals surface area contributed by atoms with Crippen molar-refractivity contribution in [3.8, 4) is 5.75 Å². The molecular weight excluding hydrogens is 404 g/mol. The quantitative estimate of drug-likeness (QED) is 0.380. The van der Waals surface area contributed by atoms with Crippen LogP contribution >= 0.6 is 0 Å². The Hall–Kier alpha value is -4.00. The number of methoxy groups -OCH3 is 1. The minimum Gasteiger partial charge on any atom is -0.507 e. The van der Waals surface area contributed by atoms with Crippen molar-refractivity contribution in [1.82, 2.24) is 0 Å². The molecule has 3 aromatic carbocycles. The number of aliphatic hydroxyl groups is 1. The Morgan fingerprint density at radius 1 is 0.903 bits per heavy atom. The molecule has 0 aliphatic carbocycles. The lowest BCUT2D eigenvalue weighted by atomic mass is 9.95. The van der Waals surface area contributed by atoms with Gasteiger partial charge in [0.1, 0.15) is 23.1 Å². The third-order valence-corrected chi connectivity index (χ3v) is 5.10. The van der Waals surface area contributed by atoms with E-state index in [9.17, 15) is 23.5 Å². The number of rotatable bonds is 4. The van der Waals surface area contributed by atoms with Crippen LogP contribution in [0.3, 0.4) is 0 Å². The summed E-state index contributed by atoms with van der Waals surface area (Å²) in [5.74, 6) is -2.92. The van der Waals surface area contributed by atoms with Crippen molar-refractivity contribution in [2.45, 2.75) is 6.04 Å². The average molecular weight is 421 g/mol. The van der Waals surface area contributed by atoms with E-state index in [1.807, 2.05) is 0 Å². The van der Waals surface area contributed by atoms with Crippen LogP contribution in [0, 0.1) is 11.6 Å². The minimum atomic E-state index is -1.05. The molecule has 1 atom stereocenters. The lowest BCUT2D eigenvalue weighted by Crippen LogP contribution is -2.29. The smallest absolute Gasteiger partial charge is 0.300 e.